The largest absolute Gasteiger partial charge is 0.332 e. The van der Waals surface area contributed by atoms with Gasteiger partial charge in [-0.25, -0.2) is 9.78 Å². The predicted molar refractivity (Wildman–Crippen MR) is 116 cm³/mol. The lowest BCUT2D eigenvalue weighted by Gasteiger charge is -2.07. The van der Waals surface area contributed by atoms with Gasteiger partial charge in [-0.3, -0.25) is 18.7 Å². The molecule has 8 nitrogen and oxygen atoms in total. The Morgan fingerprint density at radius 1 is 0.867 bits per heavy atom. The molecule has 0 aliphatic carbocycles. The Hall–Kier alpha value is -3.94. The normalized spacial score (nSPS) is 11.1. The lowest BCUT2D eigenvalue weighted by Crippen LogP contribution is -2.37. The van der Waals surface area contributed by atoms with Gasteiger partial charge in [0.05, 0.1) is 0 Å². The van der Waals surface area contributed by atoms with Crippen molar-refractivity contribution in [2.75, 3.05) is 5.32 Å². The van der Waals surface area contributed by atoms with Crippen molar-refractivity contribution >= 4 is 22.8 Å². The third-order valence-corrected chi connectivity index (χ3v) is 5.19. The molecule has 30 heavy (non-hydrogen) atoms. The highest BCUT2D eigenvalue weighted by Gasteiger charge is 2.18. The first-order valence-corrected chi connectivity index (χ1v) is 9.39. The van der Waals surface area contributed by atoms with Crippen molar-refractivity contribution in [3.63, 3.8) is 0 Å². The van der Waals surface area contributed by atoms with Gasteiger partial charge >= 0.3 is 5.69 Å². The van der Waals surface area contributed by atoms with Crippen molar-refractivity contribution in [2.45, 2.75) is 6.92 Å². The van der Waals surface area contributed by atoms with E-state index >= 15 is 0 Å². The Morgan fingerprint density at radius 2 is 1.50 bits per heavy atom. The van der Waals surface area contributed by atoms with Crippen LogP contribution in [0.2, 0.25) is 0 Å². The molecule has 0 saturated carbocycles. The second kappa shape index (κ2) is 7.14. The summed E-state index contributed by atoms with van der Waals surface area (Å²) in [6.45, 7) is 1.97. The molecule has 8 heteroatoms. The van der Waals surface area contributed by atoms with Crippen LogP contribution in [0.4, 0.5) is 5.69 Å². The van der Waals surface area contributed by atoms with Gasteiger partial charge in [0.1, 0.15) is 5.82 Å². The molecule has 0 aliphatic heterocycles. The number of amides is 1. The molecule has 0 unspecified atom stereocenters. The van der Waals surface area contributed by atoms with E-state index < -0.39 is 11.2 Å². The standard InChI is InChI=1S/C22H21N5O3/c1-13-5-7-15(8-6-13)20(28)23-16-11-9-14(10-12-16)18-24-19-17(25(18)2)21(29)27(4)22(30)26(19)3/h5-12H,1-4H3,(H,23,28). The van der Waals surface area contributed by atoms with Crippen molar-refractivity contribution in [3.05, 3.63) is 80.5 Å². The number of rotatable bonds is 3. The first kappa shape index (κ1) is 19.4. The Bertz CT molecular complexity index is 1390. The van der Waals surface area contributed by atoms with Gasteiger partial charge in [0.25, 0.3) is 11.5 Å². The van der Waals surface area contributed by atoms with E-state index in [9.17, 15) is 14.4 Å². The maximum atomic E-state index is 12.5. The highest BCUT2D eigenvalue weighted by Crippen LogP contribution is 2.23. The van der Waals surface area contributed by atoms with E-state index in [4.69, 9.17) is 0 Å². The summed E-state index contributed by atoms with van der Waals surface area (Å²) in [6, 6.07) is 14.5. The van der Waals surface area contributed by atoms with Gasteiger partial charge in [0.15, 0.2) is 11.2 Å². The Morgan fingerprint density at radius 3 is 2.13 bits per heavy atom. The lowest BCUT2D eigenvalue weighted by atomic mass is 10.1. The van der Waals surface area contributed by atoms with E-state index in [0.29, 0.717) is 28.2 Å². The zero-order valence-corrected chi connectivity index (χ0v) is 17.1. The predicted octanol–water partition coefficient (Wildman–Crippen LogP) is 2.20. The molecule has 4 rings (SSSR count). The van der Waals surface area contributed by atoms with Crippen LogP contribution in [0, 0.1) is 6.92 Å². The van der Waals surface area contributed by atoms with Gasteiger partial charge in [-0.1, -0.05) is 17.7 Å². The maximum Gasteiger partial charge on any atom is 0.332 e. The molecular weight excluding hydrogens is 382 g/mol. The highest BCUT2D eigenvalue weighted by molar-refractivity contribution is 6.04. The number of nitrogens with zero attached hydrogens (tertiary/aromatic N) is 4. The molecule has 0 radical (unpaired) electrons. The fourth-order valence-electron chi connectivity index (χ4n) is 3.39. The molecule has 4 aromatic rings. The fraction of sp³-hybridized carbons (Fsp3) is 0.182. The minimum Gasteiger partial charge on any atom is -0.322 e. The summed E-state index contributed by atoms with van der Waals surface area (Å²) in [5, 5.41) is 2.87. The van der Waals surface area contributed by atoms with Gasteiger partial charge in [-0.15, -0.1) is 0 Å². The molecule has 0 fully saturated rings. The molecule has 2 heterocycles. The Labute approximate surface area is 172 Å². The second-order valence-corrected chi connectivity index (χ2v) is 7.27. The average Bonchev–Trinajstić information content (AvgIpc) is 3.09. The molecule has 0 bridgehead atoms. The van der Waals surface area contributed by atoms with Gasteiger partial charge in [0.2, 0.25) is 0 Å². The molecular formula is C22H21N5O3. The Balaban J connectivity index is 1.68. The lowest BCUT2D eigenvalue weighted by molar-refractivity contribution is 0.102. The van der Waals surface area contributed by atoms with E-state index in [1.54, 1.807) is 42.9 Å². The van der Waals surface area contributed by atoms with E-state index in [-0.39, 0.29) is 5.91 Å². The summed E-state index contributed by atoms with van der Waals surface area (Å²) in [6.07, 6.45) is 0. The summed E-state index contributed by atoms with van der Waals surface area (Å²) < 4.78 is 4.10. The van der Waals surface area contributed by atoms with Crippen molar-refractivity contribution in [1.82, 2.24) is 18.7 Å². The van der Waals surface area contributed by atoms with Crippen LogP contribution in [0.25, 0.3) is 22.6 Å². The number of carbonyl (C=O) groups excluding carboxylic acids is 1. The number of nitrogens with one attached hydrogen (secondary N) is 1. The van der Waals surface area contributed by atoms with Gasteiger partial charge < -0.3 is 9.88 Å². The number of aryl methyl sites for hydroxylation is 3. The van der Waals surface area contributed by atoms with Crippen LogP contribution in [-0.2, 0) is 21.1 Å². The minimum absolute atomic E-state index is 0.191. The quantitative estimate of drug-likeness (QED) is 0.568. The molecule has 1 N–H and O–H groups in total. The number of hydrogen-bond acceptors (Lipinski definition) is 4. The number of fused-ring (bicyclic) bond motifs is 1. The fourth-order valence-corrected chi connectivity index (χ4v) is 3.39. The highest BCUT2D eigenvalue weighted by atomic mass is 16.2. The van der Waals surface area contributed by atoms with Crippen LogP contribution in [-0.4, -0.2) is 24.6 Å². The smallest absolute Gasteiger partial charge is 0.322 e. The van der Waals surface area contributed by atoms with Crippen LogP contribution < -0.4 is 16.6 Å². The number of hydrogen-bond donors (Lipinski definition) is 1. The zero-order chi connectivity index (χ0) is 21.6. The van der Waals surface area contributed by atoms with E-state index in [2.05, 4.69) is 10.3 Å². The monoisotopic (exact) mass is 403 g/mol. The van der Waals surface area contributed by atoms with Gasteiger partial charge in [-0.05, 0) is 43.3 Å². The number of carbonyl (C=O) groups is 1. The topological polar surface area (TPSA) is 90.9 Å². The van der Waals surface area contributed by atoms with Crippen molar-refractivity contribution in [1.29, 1.82) is 0 Å². The number of anilines is 1. The second-order valence-electron chi connectivity index (χ2n) is 7.27. The number of imidazole rings is 1. The molecule has 0 spiro atoms. The molecule has 1 amide bonds. The zero-order valence-electron chi connectivity index (χ0n) is 17.1. The minimum atomic E-state index is -0.425. The van der Waals surface area contributed by atoms with Crippen LogP contribution in [0.5, 0.6) is 0 Å². The summed E-state index contributed by atoms with van der Waals surface area (Å²) in [5.41, 5.74) is 2.94. The van der Waals surface area contributed by atoms with Gasteiger partial charge in [0, 0.05) is 38.0 Å². The van der Waals surface area contributed by atoms with E-state index in [1.807, 2.05) is 31.2 Å². The van der Waals surface area contributed by atoms with Crippen LogP contribution in [0.1, 0.15) is 15.9 Å². The molecule has 152 valence electrons. The van der Waals surface area contributed by atoms with Gasteiger partial charge in [-0.2, -0.15) is 0 Å². The molecule has 0 aliphatic rings. The van der Waals surface area contributed by atoms with E-state index in [0.717, 1.165) is 15.7 Å². The Kier molecular flexibility index (Phi) is 4.62. The number of benzene rings is 2. The summed E-state index contributed by atoms with van der Waals surface area (Å²) >= 11 is 0. The SMILES string of the molecule is Cc1ccc(C(=O)Nc2ccc(-c3nc4c(c(=O)n(C)c(=O)n4C)n3C)cc2)cc1. The average molecular weight is 403 g/mol. The van der Waals surface area contributed by atoms with E-state index in [1.165, 1.54) is 11.6 Å². The molecule has 0 saturated heterocycles. The summed E-state index contributed by atoms with van der Waals surface area (Å²) in [5.74, 6) is 0.365. The first-order chi connectivity index (χ1) is 14.3. The molecule has 0 atom stereocenters. The first-order valence-electron chi connectivity index (χ1n) is 9.39. The van der Waals surface area contributed by atoms with Crippen LogP contribution >= 0.6 is 0 Å². The van der Waals surface area contributed by atoms with Crippen molar-refractivity contribution in [2.24, 2.45) is 21.1 Å². The molecule has 2 aromatic carbocycles. The van der Waals surface area contributed by atoms with Crippen molar-refractivity contribution in [3.8, 4) is 11.4 Å². The summed E-state index contributed by atoms with van der Waals surface area (Å²) in [7, 11) is 4.77. The van der Waals surface area contributed by atoms with Crippen LogP contribution in [0.3, 0.4) is 0 Å². The molecule has 2 aromatic heterocycles. The summed E-state index contributed by atoms with van der Waals surface area (Å²) in [4.78, 5) is 41.6. The number of aromatic nitrogens is 4. The van der Waals surface area contributed by atoms with Crippen LogP contribution in [0.15, 0.2) is 58.1 Å². The maximum absolute atomic E-state index is 12.5. The third-order valence-electron chi connectivity index (χ3n) is 5.19. The van der Waals surface area contributed by atoms with Crippen molar-refractivity contribution < 1.29 is 4.79 Å². The third kappa shape index (κ3) is 3.12.